The highest BCUT2D eigenvalue weighted by Gasteiger charge is 2.24. The minimum Gasteiger partial charge on any atom is -0.493 e. The minimum atomic E-state index is -0.741. The molecule has 0 unspecified atom stereocenters. The molecule has 1 aromatic carbocycles. The number of carbonyl (C=O) groups is 3. The number of rotatable bonds is 9. The molecular weight excluding hydrogens is 444 g/mol. The second-order valence-corrected chi connectivity index (χ2v) is 9.10. The van der Waals surface area contributed by atoms with Gasteiger partial charge in [0.05, 0.1) is 31.9 Å². The molecule has 33 heavy (non-hydrogen) atoms. The summed E-state index contributed by atoms with van der Waals surface area (Å²) in [6.07, 6.45) is 4.42. The first-order valence-corrected chi connectivity index (χ1v) is 11.8. The molecule has 1 heterocycles. The molecule has 1 saturated carbocycles. The molecule has 0 aliphatic heterocycles. The van der Waals surface area contributed by atoms with E-state index in [0.29, 0.717) is 17.4 Å². The number of methoxy groups -OCH3 is 2. The maximum Gasteiger partial charge on any atom is 0.340 e. The van der Waals surface area contributed by atoms with Crippen LogP contribution < -0.4 is 20.1 Å². The van der Waals surface area contributed by atoms with E-state index in [1.54, 1.807) is 0 Å². The lowest BCUT2D eigenvalue weighted by Gasteiger charge is -2.29. The predicted molar refractivity (Wildman–Crippen MR) is 126 cm³/mol. The first kappa shape index (κ1) is 24.6. The van der Waals surface area contributed by atoms with Crippen LogP contribution in [0.3, 0.4) is 0 Å². The van der Waals surface area contributed by atoms with Crippen molar-refractivity contribution in [1.29, 1.82) is 0 Å². The molecule has 1 aliphatic rings. The van der Waals surface area contributed by atoms with Crippen molar-refractivity contribution in [3.63, 3.8) is 0 Å². The van der Waals surface area contributed by atoms with Crippen LogP contribution in [-0.2, 0) is 20.7 Å². The first-order chi connectivity index (χ1) is 15.9. The van der Waals surface area contributed by atoms with Crippen LogP contribution in [-0.4, -0.2) is 44.7 Å². The summed E-state index contributed by atoms with van der Waals surface area (Å²) >= 11 is 1.47. The molecular formula is C24H30N2O6S. The quantitative estimate of drug-likeness (QED) is 0.536. The summed E-state index contributed by atoms with van der Waals surface area (Å²) in [5.41, 5.74) is 0.298. The van der Waals surface area contributed by atoms with Crippen molar-refractivity contribution >= 4 is 34.8 Å². The highest BCUT2D eigenvalue weighted by Crippen LogP contribution is 2.34. The molecule has 1 fully saturated rings. The van der Waals surface area contributed by atoms with Gasteiger partial charge in [-0.05, 0) is 30.2 Å². The van der Waals surface area contributed by atoms with Crippen LogP contribution in [0.5, 0.6) is 11.5 Å². The summed E-state index contributed by atoms with van der Waals surface area (Å²) < 4.78 is 15.9. The monoisotopic (exact) mass is 474 g/mol. The summed E-state index contributed by atoms with van der Waals surface area (Å²) in [6, 6.07) is 6.76. The van der Waals surface area contributed by atoms with Gasteiger partial charge in [-0.15, -0.1) is 11.3 Å². The number of anilines is 1. The predicted octanol–water partition coefficient (Wildman–Crippen LogP) is 3.80. The lowest BCUT2D eigenvalue weighted by molar-refractivity contribution is -0.125. The van der Waals surface area contributed by atoms with Crippen molar-refractivity contribution in [2.45, 2.75) is 45.1 Å². The number of hydrogen-bond donors (Lipinski definition) is 2. The van der Waals surface area contributed by atoms with E-state index >= 15 is 0 Å². The van der Waals surface area contributed by atoms with Crippen molar-refractivity contribution in [2.24, 2.45) is 5.92 Å². The molecule has 9 heteroatoms. The average Bonchev–Trinajstić information content (AvgIpc) is 3.31. The molecule has 2 amide bonds. The molecule has 0 saturated heterocycles. The lowest BCUT2D eigenvalue weighted by atomic mass is 9.86. The van der Waals surface area contributed by atoms with Crippen LogP contribution >= 0.6 is 11.3 Å². The summed E-state index contributed by atoms with van der Waals surface area (Å²) in [5, 5.41) is 7.59. The Balaban J connectivity index is 1.70. The summed E-state index contributed by atoms with van der Waals surface area (Å²) in [6.45, 7) is 1.71. The number of nitrogens with one attached hydrogen (secondary N) is 2. The normalized spacial score (nSPS) is 17.7. The fourth-order valence-electron chi connectivity index (χ4n) is 3.91. The Morgan fingerprint density at radius 2 is 1.79 bits per heavy atom. The zero-order valence-electron chi connectivity index (χ0n) is 19.1. The Morgan fingerprint density at radius 1 is 1.06 bits per heavy atom. The topological polar surface area (TPSA) is 103 Å². The Morgan fingerprint density at radius 3 is 2.45 bits per heavy atom. The molecule has 178 valence electrons. The molecule has 2 aromatic rings. The number of benzene rings is 1. The fourth-order valence-corrected chi connectivity index (χ4v) is 4.61. The Kier molecular flexibility index (Phi) is 8.71. The Labute approximate surface area is 197 Å². The molecule has 0 radical (unpaired) electrons. The van der Waals surface area contributed by atoms with Crippen molar-refractivity contribution in [3.05, 3.63) is 40.1 Å². The molecule has 2 atom stereocenters. The van der Waals surface area contributed by atoms with Gasteiger partial charge in [-0.25, -0.2) is 4.79 Å². The van der Waals surface area contributed by atoms with Gasteiger partial charge in [0.1, 0.15) is 0 Å². The summed E-state index contributed by atoms with van der Waals surface area (Å²) in [4.78, 5) is 38.6. The van der Waals surface area contributed by atoms with E-state index in [1.165, 1.54) is 44.1 Å². The summed E-state index contributed by atoms with van der Waals surface area (Å²) in [5.74, 6) is -0.317. The van der Waals surface area contributed by atoms with Crippen LogP contribution in [0, 0.1) is 5.92 Å². The largest absolute Gasteiger partial charge is 0.493 e. The first-order valence-electron chi connectivity index (χ1n) is 11.0. The smallest absolute Gasteiger partial charge is 0.340 e. The van der Waals surface area contributed by atoms with Gasteiger partial charge in [-0.1, -0.05) is 25.8 Å². The van der Waals surface area contributed by atoms with Crippen LogP contribution in [0.2, 0.25) is 0 Å². The van der Waals surface area contributed by atoms with E-state index in [1.807, 2.05) is 17.5 Å². The molecule has 1 aliphatic carbocycles. The molecule has 3 rings (SSSR count). The minimum absolute atomic E-state index is 0.0750. The van der Waals surface area contributed by atoms with Gasteiger partial charge in [0.15, 0.2) is 18.1 Å². The average molecular weight is 475 g/mol. The lowest BCUT2D eigenvalue weighted by Crippen LogP contribution is -2.42. The third kappa shape index (κ3) is 6.71. The zero-order valence-corrected chi connectivity index (χ0v) is 20.0. The van der Waals surface area contributed by atoms with Crippen LogP contribution in [0.15, 0.2) is 29.6 Å². The van der Waals surface area contributed by atoms with E-state index in [2.05, 4.69) is 17.6 Å². The van der Waals surface area contributed by atoms with E-state index in [9.17, 15) is 14.4 Å². The highest BCUT2D eigenvalue weighted by atomic mass is 32.1. The van der Waals surface area contributed by atoms with Crippen LogP contribution in [0.1, 0.15) is 47.8 Å². The number of carbonyl (C=O) groups excluding carboxylic acids is 3. The molecule has 2 N–H and O–H groups in total. The highest BCUT2D eigenvalue weighted by molar-refractivity contribution is 7.10. The van der Waals surface area contributed by atoms with Gasteiger partial charge < -0.3 is 24.8 Å². The number of thiophene rings is 1. The number of amides is 2. The second-order valence-electron chi connectivity index (χ2n) is 8.07. The molecule has 1 aromatic heterocycles. The van der Waals surface area contributed by atoms with Crippen molar-refractivity contribution in [1.82, 2.24) is 5.32 Å². The number of ether oxygens (including phenoxy) is 3. The van der Waals surface area contributed by atoms with Gasteiger partial charge in [-0.3, -0.25) is 9.59 Å². The maximum absolute atomic E-state index is 12.8. The Hall–Kier alpha value is -3.07. The van der Waals surface area contributed by atoms with E-state index < -0.39 is 12.6 Å². The van der Waals surface area contributed by atoms with Gasteiger partial charge >= 0.3 is 5.97 Å². The van der Waals surface area contributed by atoms with Crippen LogP contribution in [0.25, 0.3) is 0 Å². The van der Waals surface area contributed by atoms with Crippen molar-refractivity contribution < 1.29 is 28.6 Å². The van der Waals surface area contributed by atoms with Crippen molar-refractivity contribution in [3.8, 4) is 11.5 Å². The third-order valence-corrected chi connectivity index (χ3v) is 6.60. The molecule has 8 nitrogen and oxygen atoms in total. The SMILES string of the molecule is COc1cc(NC(=O)Cc2cccs2)c(C(=O)OCC(=O)N[C@@H]2CCCC[C@H]2C)cc1OC. The maximum atomic E-state index is 12.8. The molecule has 0 spiro atoms. The molecule has 0 bridgehead atoms. The van der Waals surface area contributed by atoms with E-state index in [4.69, 9.17) is 14.2 Å². The number of esters is 1. The van der Waals surface area contributed by atoms with Gasteiger partial charge in [0.25, 0.3) is 5.91 Å². The van der Waals surface area contributed by atoms with Gasteiger partial charge in [0, 0.05) is 23.1 Å². The van der Waals surface area contributed by atoms with E-state index in [-0.39, 0.29) is 35.5 Å². The summed E-state index contributed by atoms with van der Waals surface area (Å²) in [7, 11) is 2.91. The Bertz CT molecular complexity index is 976. The van der Waals surface area contributed by atoms with Crippen LogP contribution in [0.4, 0.5) is 5.69 Å². The van der Waals surface area contributed by atoms with E-state index in [0.717, 1.165) is 24.1 Å². The van der Waals surface area contributed by atoms with Crippen molar-refractivity contribution in [2.75, 3.05) is 26.1 Å². The zero-order chi connectivity index (χ0) is 23.8. The number of hydrogen-bond acceptors (Lipinski definition) is 7. The van der Waals surface area contributed by atoms with Gasteiger partial charge in [-0.2, -0.15) is 0 Å². The third-order valence-electron chi connectivity index (χ3n) is 5.72. The second kappa shape index (κ2) is 11.7. The fraction of sp³-hybridized carbons (Fsp3) is 0.458. The standard InChI is InChI=1S/C24H30N2O6S/c1-15-7-4-5-9-18(15)25-23(28)14-32-24(29)17-12-20(30-2)21(31-3)13-19(17)26-22(27)11-16-8-6-10-33-16/h6,8,10,12-13,15,18H,4-5,7,9,11,14H2,1-3H3,(H,25,28)(H,26,27)/t15-,18-/m1/s1. The van der Waals surface area contributed by atoms with Gasteiger partial charge in [0.2, 0.25) is 5.91 Å².